The van der Waals surface area contributed by atoms with E-state index in [0.717, 1.165) is 83.4 Å². The van der Waals surface area contributed by atoms with E-state index in [1.807, 2.05) is 43.5 Å². The molecule has 8 aliphatic rings. The molecule has 2 aromatic heterocycles. The van der Waals surface area contributed by atoms with Crippen LogP contribution in [0.4, 0.5) is 27.3 Å². The second-order valence-electron chi connectivity index (χ2n) is 24.9. The van der Waals surface area contributed by atoms with Gasteiger partial charge in [0.25, 0.3) is 0 Å². The predicted octanol–water partition coefficient (Wildman–Crippen LogP) is 9.33. The van der Waals surface area contributed by atoms with Crippen molar-refractivity contribution in [2.75, 3.05) is 60.9 Å². The van der Waals surface area contributed by atoms with Crippen LogP contribution in [0.1, 0.15) is 145 Å². The predicted molar refractivity (Wildman–Crippen MR) is 307 cm³/mol. The molecule has 2 N–H and O–H groups in total. The number of aryl methyl sites for hydroxylation is 1. The van der Waals surface area contributed by atoms with Crippen molar-refractivity contribution in [1.29, 1.82) is 0 Å². The molecule has 4 saturated heterocycles. The van der Waals surface area contributed by atoms with Gasteiger partial charge in [0.1, 0.15) is 11.3 Å². The highest BCUT2D eigenvalue weighted by atomic mass is 19.1. The molecule has 17 heteroatoms. The molecular formula is C64H75FN10O6. The number of pyridine rings is 1. The number of halogens is 1. The van der Waals surface area contributed by atoms with E-state index in [0.29, 0.717) is 120 Å². The first-order valence-corrected chi connectivity index (χ1v) is 30.3. The second kappa shape index (κ2) is 21.7. The van der Waals surface area contributed by atoms with Gasteiger partial charge in [0, 0.05) is 92.0 Å². The van der Waals surface area contributed by atoms with E-state index >= 15 is 9.18 Å². The van der Waals surface area contributed by atoms with Gasteiger partial charge in [-0.2, -0.15) is 0 Å². The van der Waals surface area contributed by atoms with Crippen molar-refractivity contribution >= 4 is 69.4 Å². The first kappa shape index (κ1) is 53.3. The van der Waals surface area contributed by atoms with E-state index < -0.39 is 5.41 Å². The van der Waals surface area contributed by atoms with Gasteiger partial charge in [-0.3, -0.25) is 34.1 Å². The van der Waals surface area contributed by atoms with E-state index in [-0.39, 0.29) is 77.0 Å². The Hall–Kier alpha value is -7.01. The molecule has 81 heavy (non-hydrogen) atoms. The lowest BCUT2D eigenvalue weighted by Crippen LogP contribution is -2.58. The summed E-state index contributed by atoms with van der Waals surface area (Å²) in [5.41, 5.74) is 7.37. The monoisotopic (exact) mass is 1100 g/mol. The maximum atomic E-state index is 15.3. The molecule has 13 rings (SSSR count). The average molecular weight is 1100 g/mol. The summed E-state index contributed by atoms with van der Waals surface area (Å²) < 4.78 is 17.2. The van der Waals surface area contributed by atoms with Crippen LogP contribution < -0.4 is 20.4 Å². The SMILES string of the molecule is CC(C)n1cnc2cc(-c3ccc4c(c3)N(C3CC(N5CCCCC5)C3)C(=O)C43CCN(C(=O)C4CCN(C(=O)C5CCC(C(=O)N6CCCc7cc([C@H]8CCC(=O)NC8=O)ccc76)CC5)CC4)CC3)nc(Nc3ccccc3F)c21. The molecule has 1 atom stereocenters. The molecule has 2 aliphatic carbocycles. The Morgan fingerprint density at radius 2 is 1.41 bits per heavy atom. The number of para-hydroxylation sites is 1. The summed E-state index contributed by atoms with van der Waals surface area (Å²) in [7, 11) is 0. The van der Waals surface area contributed by atoms with Crippen LogP contribution in [0.5, 0.6) is 0 Å². The number of imide groups is 1. The van der Waals surface area contributed by atoms with Crippen LogP contribution in [0.25, 0.3) is 22.3 Å². The van der Waals surface area contributed by atoms with Crippen LogP contribution in [0.2, 0.25) is 0 Å². The normalized spacial score (nSPS) is 25.2. The maximum absolute atomic E-state index is 15.3. The van der Waals surface area contributed by atoms with Gasteiger partial charge in [0.15, 0.2) is 5.82 Å². The number of hydrogen-bond donors (Lipinski definition) is 2. The van der Waals surface area contributed by atoms with Gasteiger partial charge in [-0.25, -0.2) is 14.4 Å². The largest absolute Gasteiger partial charge is 0.342 e. The van der Waals surface area contributed by atoms with Gasteiger partial charge >= 0.3 is 0 Å². The minimum absolute atomic E-state index is 0.0708. The maximum Gasteiger partial charge on any atom is 0.238 e. The molecule has 1 spiro atoms. The zero-order chi connectivity index (χ0) is 55.7. The number of benzene rings is 3. The molecule has 6 fully saturated rings. The smallest absolute Gasteiger partial charge is 0.238 e. The van der Waals surface area contributed by atoms with Gasteiger partial charge in [-0.05, 0) is 170 Å². The number of amides is 6. The number of imidazole rings is 1. The molecule has 0 radical (unpaired) electrons. The fourth-order valence-corrected chi connectivity index (χ4v) is 15.2. The number of anilines is 4. The third kappa shape index (κ3) is 9.77. The Labute approximate surface area is 473 Å². The van der Waals surface area contributed by atoms with Crippen molar-refractivity contribution in [3.05, 3.63) is 95.6 Å². The zero-order valence-corrected chi connectivity index (χ0v) is 46.8. The first-order chi connectivity index (χ1) is 39.3. The molecule has 16 nitrogen and oxygen atoms in total. The number of fused-ring (bicyclic) bond motifs is 4. The van der Waals surface area contributed by atoms with Gasteiger partial charge < -0.3 is 34.4 Å². The summed E-state index contributed by atoms with van der Waals surface area (Å²) in [5.74, 6) is -0.740. The molecular weight excluding hydrogens is 1020 g/mol. The number of aromatic nitrogens is 3. The highest BCUT2D eigenvalue weighted by Crippen LogP contribution is 2.53. The number of carbonyl (C=O) groups excluding carboxylic acids is 6. The second-order valence-corrected chi connectivity index (χ2v) is 24.9. The van der Waals surface area contributed by atoms with Crippen LogP contribution in [-0.4, -0.2) is 123 Å². The molecule has 2 saturated carbocycles. The molecule has 0 unspecified atom stereocenters. The minimum atomic E-state index is -0.757. The molecule has 6 amide bonds. The fraction of sp³-hybridized carbons (Fsp3) is 0.531. The average Bonchev–Trinajstić information content (AvgIpc) is 4.25. The van der Waals surface area contributed by atoms with E-state index in [1.54, 1.807) is 24.5 Å². The van der Waals surface area contributed by atoms with Crippen molar-refractivity contribution < 1.29 is 33.2 Å². The van der Waals surface area contributed by atoms with E-state index in [2.05, 4.69) is 52.5 Å². The summed E-state index contributed by atoms with van der Waals surface area (Å²) in [6, 6.07) is 21.4. The van der Waals surface area contributed by atoms with Crippen molar-refractivity contribution in [1.82, 2.24) is 34.6 Å². The summed E-state index contributed by atoms with van der Waals surface area (Å²) in [6.45, 7) is 9.05. The van der Waals surface area contributed by atoms with E-state index in [9.17, 15) is 24.0 Å². The third-order valence-electron chi connectivity index (χ3n) is 19.9. The van der Waals surface area contributed by atoms with Crippen molar-refractivity contribution in [2.24, 2.45) is 17.8 Å². The molecule has 5 aromatic rings. The molecule has 3 aromatic carbocycles. The molecule has 0 bridgehead atoms. The molecule has 424 valence electrons. The lowest BCUT2D eigenvalue weighted by molar-refractivity contribution is -0.145. The van der Waals surface area contributed by atoms with Crippen molar-refractivity contribution in [2.45, 2.75) is 152 Å². The Morgan fingerprint density at radius 1 is 0.704 bits per heavy atom. The number of nitrogens with zero attached hydrogens (tertiary/aromatic N) is 8. The Morgan fingerprint density at radius 3 is 2.12 bits per heavy atom. The standard InChI is InChI=1S/C64H75FN10O6/c1-39(2)74-38-66-53-37-52(68-58(57(53)74)67-51-11-5-4-10-50(51)65)44-16-19-49-55(34-44)75(47-35-46(36-47)70-26-6-3-7-27-70)63(81)64(49)24-31-72(32-25-64)61(79)42-22-29-71(30-23-42)60(78)40-12-14-41(15-13-40)62(80)73-28-8-9-45-33-43(17-20-54(45)73)48-18-21-56(76)69-59(48)77/h4-5,10-11,16-17,19-20,33-34,37-42,46-48H,3,6-9,12-15,18,21-32,35-36H2,1-2H3,(H,67,68)(H,69,76,77)/t40?,41?,46?,47?,48-/m1/s1. The van der Waals surface area contributed by atoms with E-state index in [4.69, 9.17) is 9.97 Å². The lowest BCUT2D eigenvalue weighted by atomic mass is 9.73. The number of nitrogens with one attached hydrogen (secondary N) is 2. The quantitative estimate of drug-likeness (QED) is 0.128. The summed E-state index contributed by atoms with van der Waals surface area (Å²) >= 11 is 0. The Bertz CT molecular complexity index is 3300. The summed E-state index contributed by atoms with van der Waals surface area (Å²) in [4.78, 5) is 103. The number of likely N-dealkylation sites (tertiary alicyclic amines) is 3. The van der Waals surface area contributed by atoms with Gasteiger partial charge in [-0.1, -0.05) is 42.8 Å². The van der Waals surface area contributed by atoms with Gasteiger partial charge in [-0.15, -0.1) is 0 Å². The Kier molecular flexibility index (Phi) is 14.3. The van der Waals surface area contributed by atoms with Gasteiger partial charge in [0.05, 0.1) is 34.6 Å². The molecule has 8 heterocycles. The number of hydrogen-bond acceptors (Lipinski definition) is 10. The summed E-state index contributed by atoms with van der Waals surface area (Å²) in [5, 5.41) is 5.75. The van der Waals surface area contributed by atoms with Crippen LogP contribution in [0.15, 0.2) is 73.1 Å². The lowest BCUT2D eigenvalue weighted by Gasteiger charge is -2.48. The van der Waals surface area contributed by atoms with Gasteiger partial charge in [0.2, 0.25) is 35.4 Å². The number of rotatable bonds is 10. The van der Waals surface area contributed by atoms with Crippen molar-refractivity contribution in [3.63, 3.8) is 0 Å². The van der Waals surface area contributed by atoms with Crippen LogP contribution in [0.3, 0.4) is 0 Å². The minimum Gasteiger partial charge on any atom is -0.342 e. The van der Waals surface area contributed by atoms with Crippen LogP contribution in [-0.2, 0) is 40.6 Å². The Balaban J connectivity index is 0.656. The summed E-state index contributed by atoms with van der Waals surface area (Å²) in [6.07, 6.45) is 14.7. The first-order valence-electron chi connectivity index (χ1n) is 30.3. The van der Waals surface area contributed by atoms with Crippen molar-refractivity contribution in [3.8, 4) is 11.3 Å². The fourth-order valence-electron chi connectivity index (χ4n) is 15.2. The van der Waals surface area contributed by atoms with E-state index in [1.165, 1.54) is 25.3 Å². The molecule has 6 aliphatic heterocycles. The highest BCUT2D eigenvalue weighted by Gasteiger charge is 2.56. The number of carbonyl (C=O) groups is 6. The highest BCUT2D eigenvalue weighted by molar-refractivity contribution is 6.10. The number of piperidine rings is 4. The van der Waals surface area contributed by atoms with Crippen LogP contribution in [0, 0.1) is 23.6 Å². The van der Waals surface area contributed by atoms with Crippen LogP contribution >= 0.6 is 0 Å². The third-order valence-corrected chi connectivity index (χ3v) is 19.9. The zero-order valence-electron chi connectivity index (χ0n) is 46.8. The topological polar surface area (TPSA) is 173 Å².